The number of rotatable bonds is 5. The van der Waals surface area contributed by atoms with Crippen LogP contribution >= 0.6 is 0 Å². The van der Waals surface area contributed by atoms with Crippen LogP contribution in [0.15, 0.2) is 12.5 Å². The third kappa shape index (κ3) is 3.81. The van der Waals surface area contributed by atoms with Crippen LogP contribution in [-0.4, -0.2) is 33.0 Å². The molecule has 1 aromatic rings. The predicted octanol–water partition coefficient (Wildman–Crippen LogP) is 1.10. The zero-order valence-electron chi connectivity index (χ0n) is 10.8. The number of hydrogen-bond acceptors (Lipinski definition) is 3. The highest BCUT2D eigenvalue weighted by atomic mass is 16.4. The van der Waals surface area contributed by atoms with E-state index in [4.69, 9.17) is 5.11 Å². The normalized spacial score (nSPS) is 17.9. The smallest absolute Gasteiger partial charge is 0.326 e. The lowest BCUT2D eigenvalue weighted by molar-refractivity contribution is -0.142. The molecule has 3 N–H and O–H groups in total. The number of imidazole rings is 1. The lowest BCUT2D eigenvalue weighted by Crippen LogP contribution is -2.45. The van der Waals surface area contributed by atoms with Crippen molar-refractivity contribution in [3.63, 3.8) is 0 Å². The number of aromatic amines is 1. The van der Waals surface area contributed by atoms with E-state index in [-0.39, 0.29) is 18.2 Å². The van der Waals surface area contributed by atoms with Gasteiger partial charge in [-0.05, 0) is 12.8 Å². The molecule has 1 atom stereocenters. The van der Waals surface area contributed by atoms with Gasteiger partial charge in [0.1, 0.15) is 6.04 Å². The Bertz CT molecular complexity index is 424. The molecule has 6 nitrogen and oxygen atoms in total. The molecule has 1 heterocycles. The molecule has 1 saturated carbocycles. The van der Waals surface area contributed by atoms with Crippen LogP contribution in [-0.2, 0) is 16.0 Å². The van der Waals surface area contributed by atoms with Gasteiger partial charge in [-0.15, -0.1) is 0 Å². The standard InChI is InChI=1S/C13H19N3O3/c17-12(9-4-2-1-3-5-9)16-11(13(18)19)6-10-7-14-8-15-10/h7-9,11H,1-6H2,(H,14,15)(H,16,17)(H,18,19). The number of amides is 1. The number of carboxylic acid groups (broad SMARTS) is 1. The van der Waals surface area contributed by atoms with Gasteiger partial charge in [-0.2, -0.15) is 0 Å². The van der Waals surface area contributed by atoms with Crippen LogP contribution in [0.2, 0.25) is 0 Å². The minimum atomic E-state index is -1.02. The average molecular weight is 265 g/mol. The minimum Gasteiger partial charge on any atom is -0.480 e. The van der Waals surface area contributed by atoms with E-state index in [2.05, 4.69) is 15.3 Å². The van der Waals surface area contributed by atoms with Gasteiger partial charge in [-0.1, -0.05) is 19.3 Å². The highest BCUT2D eigenvalue weighted by Crippen LogP contribution is 2.23. The first-order valence-electron chi connectivity index (χ1n) is 6.67. The van der Waals surface area contributed by atoms with Gasteiger partial charge in [0.05, 0.1) is 12.0 Å². The molecule has 1 fully saturated rings. The fourth-order valence-corrected chi connectivity index (χ4v) is 2.47. The molecule has 0 spiro atoms. The Morgan fingerprint density at radius 1 is 1.42 bits per heavy atom. The van der Waals surface area contributed by atoms with Gasteiger partial charge < -0.3 is 15.4 Å². The van der Waals surface area contributed by atoms with Crippen LogP contribution in [0.4, 0.5) is 0 Å². The average Bonchev–Trinajstić information content (AvgIpc) is 2.91. The van der Waals surface area contributed by atoms with E-state index < -0.39 is 12.0 Å². The van der Waals surface area contributed by atoms with E-state index in [0.717, 1.165) is 25.7 Å². The van der Waals surface area contributed by atoms with Crippen molar-refractivity contribution >= 4 is 11.9 Å². The number of carbonyl (C=O) groups is 2. The summed E-state index contributed by atoms with van der Waals surface area (Å²) in [6.45, 7) is 0. The van der Waals surface area contributed by atoms with E-state index in [1.165, 1.54) is 12.7 Å². The second-order valence-electron chi connectivity index (χ2n) is 5.00. The zero-order chi connectivity index (χ0) is 13.7. The van der Waals surface area contributed by atoms with Crippen LogP contribution in [0.25, 0.3) is 0 Å². The van der Waals surface area contributed by atoms with Crippen molar-refractivity contribution in [2.75, 3.05) is 0 Å². The van der Waals surface area contributed by atoms with Crippen molar-refractivity contribution < 1.29 is 14.7 Å². The monoisotopic (exact) mass is 265 g/mol. The number of carbonyl (C=O) groups excluding carboxylic acids is 1. The largest absolute Gasteiger partial charge is 0.480 e. The highest BCUT2D eigenvalue weighted by molar-refractivity contribution is 5.85. The van der Waals surface area contributed by atoms with E-state index >= 15 is 0 Å². The molecule has 1 amide bonds. The van der Waals surface area contributed by atoms with Crippen LogP contribution < -0.4 is 5.32 Å². The van der Waals surface area contributed by atoms with Gasteiger partial charge in [0.25, 0.3) is 0 Å². The van der Waals surface area contributed by atoms with Crippen LogP contribution in [0.3, 0.4) is 0 Å². The quantitative estimate of drug-likeness (QED) is 0.743. The highest BCUT2D eigenvalue weighted by Gasteiger charge is 2.26. The van der Waals surface area contributed by atoms with Crippen LogP contribution in [0, 0.1) is 5.92 Å². The third-order valence-electron chi connectivity index (χ3n) is 3.56. The number of aromatic nitrogens is 2. The fraction of sp³-hybridized carbons (Fsp3) is 0.615. The number of aliphatic carboxylic acids is 1. The Labute approximate surface area is 111 Å². The Morgan fingerprint density at radius 2 is 2.16 bits per heavy atom. The molecule has 2 rings (SSSR count). The summed E-state index contributed by atoms with van der Waals surface area (Å²) in [5.41, 5.74) is 0.636. The number of nitrogens with one attached hydrogen (secondary N) is 2. The number of nitrogens with zero attached hydrogens (tertiary/aromatic N) is 1. The minimum absolute atomic E-state index is 0.0326. The Morgan fingerprint density at radius 3 is 2.74 bits per heavy atom. The molecule has 0 saturated heterocycles. The first kappa shape index (κ1) is 13.6. The fourth-order valence-electron chi connectivity index (χ4n) is 2.47. The molecule has 19 heavy (non-hydrogen) atoms. The maximum atomic E-state index is 12.0. The van der Waals surface area contributed by atoms with Crippen LogP contribution in [0.5, 0.6) is 0 Å². The van der Waals surface area contributed by atoms with Gasteiger partial charge in [0.2, 0.25) is 5.91 Å². The Balaban J connectivity index is 1.92. The van der Waals surface area contributed by atoms with Gasteiger partial charge >= 0.3 is 5.97 Å². The lowest BCUT2D eigenvalue weighted by Gasteiger charge is -2.23. The number of H-pyrrole nitrogens is 1. The summed E-state index contributed by atoms with van der Waals surface area (Å²) in [6, 6.07) is -0.905. The first-order valence-corrected chi connectivity index (χ1v) is 6.67. The van der Waals surface area contributed by atoms with Gasteiger partial charge in [-0.25, -0.2) is 9.78 Å². The second kappa shape index (κ2) is 6.36. The molecule has 0 bridgehead atoms. The van der Waals surface area contributed by atoms with E-state index in [9.17, 15) is 9.59 Å². The summed E-state index contributed by atoms with van der Waals surface area (Å²) < 4.78 is 0. The lowest BCUT2D eigenvalue weighted by atomic mass is 9.88. The zero-order valence-corrected chi connectivity index (χ0v) is 10.8. The Hall–Kier alpha value is -1.85. The summed E-state index contributed by atoms with van der Waals surface area (Å²) >= 11 is 0. The number of hydrogen-bond donors (Lipinski definition) is 3. The van der Waals surface area contributed by atoms with Crippen molar-refractivity contribution in [2.24, 2.45) is 5.92 Å². The summed E-state index contributed by atoms with van der Waals surface area (Å²) in [5.74, 6) is -1.19. The van der Waals surface area contributed by atoms with Crippen molar-refractivity contribution in [3.8, 4) is 0 Å². The molecule has 1 unspecified atom stereocenters. The predicted molar refractivity (Wildman–Crippen MR) is 68.4 cm³/mol. The van der Waals surface area contributed by atoms with Gasteiger partial charge in [0, 0.05) is 18.5 Å². The molecule has 1 aliphatic rings. The third-order valence-corrected chi connectivity index (χ3v) is 3.56. The molecular weight excluding hydrogens is 246 g/mol. The topological polar surface area (TPSA) is 95.1 Å². The van der Waals surface area contributed by atoms with Crippen molar-refractivity contribution in [2.45, 2.75) is 44.6 Å². The molecular formula is C13H19N3O3. The molecule has 1 aliphatic carbocycles. The van der Waals surface area contributed by atoms with Crippen molar-refractivity contribution in [1.29, 1.82) is 0 Å². The van der Waals surface area contributed by atoms with E-state index in [1.54, 1.807) is 6.20 Å². The molecule has 104 valence electrons. The van der Waals surface area contributed by atoms with Gasteiger partial charge in [0.15, 0.2) is 0 Å². The summed E-state index contributed by atoms with van der Waals surface area (Å²) in [4.78, 5) is 30.0. The van der Waals surface area contributed by atoms with E-state index in [1.807, 2.05) is 0 Å². The Kier molecular flexibility index (Phi) is 4.54. The summed E-state index contributed by atoms with van der Waals surface area (Å²) in [6.07, 6.45) is 8.34. The van der Waals surface area contributed by atoms with Gasteiger partial charge in [-0.3, -0.25) is 4.79 Å². The summed E-state index contributed by atoms with van der Waals surface area (Å²) in [7, 11) is 0. The molecule has 0 aromatic carbocycles. The van der Waals surface area contributed by atoms with Crippen molar-refractivity contribution in [1.82, 2.24) is 15.3 Å². The van der Waals surface area contributed by atoms with E-state index in [0.29, 0.717) is 5.69 Å². The maximum Gasteiger partial charge on any atom is 0.326 e. The number of carboxylic acids is 1. The second-order valence-corrected chi connectivity index (χ2v) is 5.00. The molecule has 1 aromatic heterocycles. The molecule has 0 radical (unpaired) electrons. The van der Waals surface area contributed by atoms with Crippen LogP contribution in [0.1, 0.15) is 37.8 Å². The summed E-state index contributed by atoms with van der Waals surface area (Å²) in [5, 5.41) is 11.8. The van der Waals surface area contributed by atoms with Crippen molar-refractivity contribution in [3.05, 3.63) is 18.2 Å². The molecule has 0 aliphatic heterocycles. The SMILES string of the molecule is O=C(NC(Cc1c[nH]cn1)C(=O)O)C1CCCCC1. The first-order chi connectivity index (χ1) is 9.16. The maximum absolute atomic E-state index is 12.0. The molecule has 6 heteroatoms.